The number of aromatic nitrogens is 3. The average Bonchev–Trinajstić information content (AvgIpc) is 2.74. The number of nitrogens with two attached hydrogens (primary N) is 1. The van der Waals surface area contributed by atoms with Gasteiger partial charge in [-0.15, -0.1) is 0 Å². The van der Waals surface area contributed by atoms with Crippen LogP contribution in [0.5, 0.6) is 0 Å². The molecule has 0 radical (unpaired) electrons. The van der Waals surface area contributed by atoms with Crippen molar-refractivity contribution in [3.63, 3.8) is 0 Å². The minimum absolute atomic E-state index is 0.229. The van der Waals surface area contributed by atoms with Gasteiger partial charge < -0.3 is 11.1 Å². The number of carbonyl (C=O) groups excluding carboxylic acids is 1. The van der Waals surface area contributed by atoms with E-state index in [0.717, 1.165) is 0 Å². The van der Waals surface area contributed by atoms with E-state index in [2.05, 4.69) is 25.1 Å². The number of carbonyl (C=O) groups is 1. The van der Waals surface area contributed by atoms with Crippen LogP contribution < -0.4 is 11.1 Å². The van der Waals surface area contributed by atoms with Crippen molar-refractivity contribution in [1.82, 2.24) is 20.7 Å². The number of hydrogen-bond acceptors (Lipinski definition) is 6. The lowest BCUT2D eigenvalue weighted by molar-refractivity contribution is 0.0891. The molecule has 0 aromatic carbocycles. The lowest BCUT2D eigenvalue weighted by atomic mass is 10.1. The van der Waals surface area contributed by atoms with Crippen molar-refractivity contribution in [2.75, 3.05) is 6.54 Å². The Bertz CT molecular complexity index is 700. The highest BCUT2D eigenvalue weighted by atomic mass is 32.2. The number of H-pyrrole nitrogens is 1. The standard InChI is InChI=1S/C11H10F2N6OS/c12-7(13)2-15-11(20)4-1-6-8-5(4)3-21-18-10(14)9(8)17-19-16-6/h1,7,19H,2-3H2,(H2,14,18)(H,15,20). The van der Waals surface area contributed by atoms with Gasteiger partial charge in [-0.2, -0.15) is 19.8 Å². The number of rotatable bonds is 3. The Hall–Kier alpha value is -2.23. The maximum Gasteiger partial charge on any atom is 0.255 e. The first-order chi connectivity index (χ1) is 10.1. The quantitative estimate of drug-likeness (QED) is 0.725. The number of alkyl halides is 2. The Labute approximate surface area is 121 Å². The monoisotopic (exact) mass is 312 g/mol. The molecule has 1 aliphatic carbocycles. The van der Waals surface area contributed by atoms with Crippen LogP contribution in [-0.2, 0) is 5.75 Å². The zero-order chi connectivity index (χ0) is 15.0. The van der Waals surface area contributed by atoms with Crippen molar-refractivity contribution in [3.05, 3.63) is 22.9 Å². The van der Waals surface area contributed by atoms with Gasteiger partial charge in [-0.3, -0.25) is 4.79 Å². The van der Waals surface area contributed by atoms with E-state index in [4.69, 9.17) is 5.73 Å². The molecule has 2 aliphatic heterocycles. The summed E-state index contributed by atoms with van der Waals surface area (Å²) in [5.41, 5.74) is 8.28. The number of amides is 1. The molecular weight excluding hydrogens is 302 g/mol. The summed E-state index contributed by atoms with van der Waals surface area (Å²) < 4.78 is 28.5. The van der Waals surface area contributed by atoms with E-state index in [9.17, 15) is 13.6 Å². The van der Waals surface area contributed by atoms with Gasteiger partial charge in [0.2, 0.25) is 0 Å². The molecule has 0 aromatic rings. The topological polar surface area (TPSA) is 109 Å². The van der Waals surface area contributed by atoms with E-state index in [1.54, 1.807) is 0 Å². The second kappa shape index (κ2) is 5.28. The molecule has 0 saturated heterocycles. The molecular formula is C11H10F2N6OS. The van der Waals surface area contributed by atoms with Gasteiger partial charge in [0.1, 0.15) is 5.69 Å². The second-order valence-corrected chi connectivity index (χ2v) is 5.05. The summed E-state index contributed by atoms with van der Waals surface area (Å²) in [5, 5.41) is 12.6. The Morgan fingerprint density at radius 2 is 2.33 bits per heavy atom. The number of halogens is 2. The molecule has 110 valence electrons. The zero-order valence-electron chi connectivity index (χ0n) is 10.6. The van der Waals surface area contributed by atoms with E-state index in [0.29, 0.717) is 33.8 Å². The Morgan fingerprint density at radius 1 is 1.52 bits per heavy atom. The Balaban J connectivity index is 2.06. The molecule has 10 heteroatoms. The first-order valence-electron chi connectivity index (χ1n) is 5.96. The number of aromatic amines is 1. The average molecular weight is 312 g/mol. The number of hydrogen-bond donors (Lipinski definition) is 3. The third-order valence-corrected chi connectivity index (χ3v) is 3.75. The molecule has 21 heavy (non-hydrogen) atoms. The van der Waals surface area contributed by atoms with Gasteiger partial charge in [0.25, 0.3) is 12.3 Å². The lowest BCUT2D eigenvalue weighted by Gasteiger charge is -2.06. The summed E-state index contributed by atoms with van der Waals surface area (Å²) in [5.74, 6) is 0.0463. The van der Waals surface area contributed by atoms with Crippen LogP contribution in [-0.4, -0.2) is 40.1 Å². The van der Waals surface area contributed by atoms with E-state index in [1.165, 1.54) is 18.0 Å². The van der Waals surface area contributed by atoms with E-state index in [-0.39, 0.29) is 5.84 Å². The third-order valence-electron chi connectivity index (χ3n) is 3.01. The van der Waals surface area contributed by atoms with E-state index in [1.807, 2.05) is 0 Å². The Kier molecular flexibility index (Phi) is 3.45. The molecule has 3 rings (SSSR count). The highest BCUT2D eigenvalue weighted by Gasteiger charge is 2.28. The predicted octanol–water partition coefficient (Wildman–Crippen LogP) is 0.772. The fourth-order valence-electron chi connectivity index (χ4n) is 2.13. The van der Waals surface area contributed by atoms with Crippen LogP contribution in [0.1, 0.15) is 21.6 Å². The molecule has 0 unspecified atom stereocenters. The maximum atomic E-state index is 12.2. The lowest BCUT2D eigenvalue weighted by Crippen LogP contribution is -2.28. The second-order valence-electron chi connectivity index (χ2n) is 4.32. The van der Waals surface area contributed by atoms with Crippen molar-refractivity contribution < 1.29 is 13.6 Å². The molecule has 0 atom stereocenters. The van der Waals surface area contributed by atoms with Crippen LogP contribution in [0.4, 0.5) is 8.78 Å². The van der Waals surface area contributed by atoms with Crippen LogP contribution in [0, 0.1) is 0 Å². The number of nitrogens with zero attached hydrogens (tertiary/aromatic N) is 3. The molecule has 1 amide bonds. The molecule has 0 bridgehead atoms. The van der Waals surface area contributed by atoms with Gasteiger partial charge >= 0.3 is 0 Å². The van der Waals surface area contributed by atoms with Crippen LogP contribution in [0.15, 0.2) is 10.5 Å². The summed E-state index contributed by atoms with van der Waals surface area (Å²) in [6.45, 7) is -0.698. The van der Waals surface area contributed by atoms with E-state index < -0.39 is 18.9 Å². The molecule has 3 aliphatic rings. The van der Waals surface area contributed by atoms with Gasteiger partial charge in [0.15, 0.2) is 5.84 Å². The number of amidine groups is 1. The normalized spacial score (nSPS) is 14.1. The van der Waals surface area contributed by atoms with Gasteiger partial charge in [-0.25, -0.2) is 8.78 Å². The third kappa shape index (κ3) is 2.42. The predicted molar refractivity (Wildman–Crippen MR) is 73.4 cm³/mol. The zero-order valence-corrected chi connectivity index (χ0v) is 11.4. The highest BCUT2D eigenvalue weighted by Crippen LogP contribution is 2.36. The van der Waals surface area contributed by atoms with Crippen LogP contribution in [0.3, 0.4) is 0 Å². The van der Waals surface area contributed by atoms with E-state index >= 15 is 0 Å². The highest BCUT2D eigenvalue weighted by molar-refractivity contribution is 7.97. The maximum absolute atomic E-state index is 12.2. The molecule has 0 spiro atoms. The molecule has 0 fully saturated rings. The fraction of sp³-hybridized carbons (Fsp3) is 0.273. The smallest absolute Gasteiger partial charge is 0.255 e. The molecule has 0 saturated carbocycles. The van der Waals surface area contributed by atoms with Crippen molar-refractivity contribution in [3.8, 4) is 11.3 Å². The molecule has 2 heterocycles. The van der Waals surface area contributed by atoms with Crippen molar-refractivity contribution in [2.45, 2.75) is 12.2 Å². The summed E-state index contributed by atoms with van der Waals surface area (Å²) in [6, 6.07) is 1.53. The SMILES string of the molecule is NC1=NSCc2c(C(=O)NCC(F)F)cc3n[nH]nc1c2-3. The van der Waals surface area contributed by atoms with Crippen molar-refractivity contribution in [1.29, 1.82) is 0 Å². The summed E-state index contributed by atoms with van der Waals surface area (Å²) in [6.07, 6.45) is -2.60. The van der Waals surface area contributed by atoms with Crippen LogP contribution in [0.2, 0.25) is 0 Å². The molecule has 7 nitrogen and oxygen atoms in total. The van der Waals surface area contributed by atoms with Gasteiger partial charge in [-0.1, -0.05) is 0 Å². The van der Waals surface area contributed by atoms with Crippen LogP contribution >= 0.6 is 11.9 Å². The fourth-order valence-corrected chi connectivity index (χ4v) is 2.85. The van der Waals surface area contributed by atoms with Crippen molar-refractivity contribution in [2.24, 2.45) is 10.1 Å². The minimum Gasteiger partial charge on any atom is -0.381 e. The minimum atomic E-state index is -2.60. The largest absolute Gasteiger partial charge is 0.381 e. The summed E-state index contributed by atoms with van der Waals surface area (Å²) in [7, 11) is 0. The molecule has 4 N–H and O–H groups in total. The first kappa shape index (κ1) is 13.7. The summed E-state index contributed by atoms with van der Waals surface area (Å²) >= 11 is 1.17. The van der Waals surface area contributed by atoms with Crippen LogP contribution in [0.25, 0.3) is 11.3 Å². The molecule has 0 aromatic heterocycles. The first-order valence-corrected chi connectivity index (χ1v) is 6.90. The van der Waals surface area contributed by atoms with Crippen molar-refractivity contribution >= 4 is 23.7 Å². The van der Waals surface area contributed by atoms with Gasteiger partial charge in [0, 0.05) is 16.9 Å². The Morgan fingerprint density at radius 3 is 3.10 bits per heavy atom. The number of nitrogens with one attached hydrogen (secondary N) is 2. The van der Waals surface area contributed by atoms with Gasteiger partial charge in [0.05, 0.1) is 12.2 Å². The van der Waals surface area contributed by atoms with Gasteiger partial charge in [-0.05, 0) is 23.6 Å². The summed E-state index contributed by atoms with van der Waals surface area (Å²) in [4.78, 5) is 12.0.